The first-order valence-electron chi connectivity index (χ1n) is 19.8. The van der Waals surface area contributed by atoms with Gasteiger partial charge in [-0.2, -0.15) is 0 Å². The van der Waals surface area contributed by atoms with Crippen LogP contribution in [0.2, 0.25) is 0 Å². The molecular weight excluding hydrogens is 916 g/mol. The Bertz CT molecular complexity index is 3570. The second-order valence-corrected chi connectivity index (χ2v) is 15.0. The molecule has 4 aromatic heterocycles. The third kappa shape index (κ3) is 5.43. The summed E-state index contributed by atoms with van der Waals surface area (Å²) in [6.45, 7) is 0. The van der Waals surface area contributed by atoms with Gasteiger partial charge in [-0.1, -0.05) is 139 Å². The van der Waals surface area contributed by atoms with Gasteiger partial charge in [0.1, 0.15) is 11.6 Å². The maximum atomic E-state index is 11.4. The van der Waals surface area contributed by atoms with Crippen molar-refractivity contribution in [2.75, 3.05) is 0 Å². The molecule has 8 aromatic carbocycles. The number of aromatic hydroxyl groups is 1. The van der Waals surface area contributed by atoms with Gasteiger partial charge in [0, 0.05) is 65.6 Å². The van der Waals surface area contributed by atoms with Crippen molar-refractivity contribution in [3.05, 3.63) is 200 Å². The predicted octanol–water partition coefficient (Wildman–Crippen LogP) is 13.4. The van der Waals surface area contributed by atoms with Gasteiger partial charge in [-0.25, -0.2) is 4.98 Å². The van der Waals surface area contributed by atoms with E-state index in [9.17, 15) is 5.11 Å². The van der Waals surface area contributed by atoms with E-state index in [1.165, 1.54) is 27.1 Å². The van der Waals surface area contributed by atoms with Crippen LogP contribution in [0.4, 0.5) is 0 Å². The number of phenols is 1. The number of hydrogen-bond donors (Lipinski definition) is 1. The number of fused-ring (bicyclic) bond motifs is 7. The minimum atomic E-state index is 0. The molecule has 60 heavy (non-hydrogen) atoms. The van der Waals surface area contributed by atoms with Crippen molar-refractivity contribution < 1.29 is 26.2 Å². The van der Waals surface area contributed by atoms with Crippen molar-refractivity contribution in [2.24, 2.45) is 0 Å². The molecule has 286 valence electrons. The summed E-state index contributed by atoms with van der Waals surface area (Å²) in [7, 11) is 0. The Labute approximate surface area is 360 Å². The molecule has 0 spiro atoms. The molecule has 5 nitrogen and oxygen atoms in total. The van der Waals surface area contributed by atoms with E-state index >= 15 is 0 Å². The van der Waals surface area contributed by atoms with Crippen molar-refractivity contribution in [3.8, 4) is 67.5 Å². The summed E-state index contributed by atoms with van der Waals surface area (Å²) in [6, 6.07) is 68.7. The topological polar surface area (TPSA) is 55.4 Å². The smallest absolute Gasteiger partial charge is 0.148 e. The first-order valence-corrected chi connectivity index (χ1v) is 19.8. The van der Waals surface area contributed by atoms with E-state index in [1.807, 2.05) is 36.5 Å². The monoisotopic (exact) mass is 948 g/mol. The molecular formula is C54H33N4OPt-. The van der Waals surface area contributed by atoms with Crippen molar-refractivity contribution in [1.29, 1.82) is 0 Å². The fraction of sp³-hybridized carbons (Fsp3) is 0. The van der Waals surface area contributed by atoms with Crippen molar-refractivity contribution >= 4 is 49.1 Å². The third-order valence-electron chi connectivity index (χ3n) is 11.7. The molecule has 12 rings (SSSR count). The van der Waals surface area contributed by atoms with E-state index in [1.54, 1.807) is 6.07 Å². The molecule has 0 radical (unpaired) electrons. The van der Waals surface area contributed by atoms with Crippen LogP contribution in [0.5, 0.6) is 5.75 Å². The van der Waals surface area contributed by atoms with Gasteiger partial charge in [-0.15, -0.1) is 29.8 Å². The SMILES string of the molecule is Oc1ccccc1-c1nc2c(-c3[c-]c(-c4nccc5c6cccc7c8ccccc8n(c45)c76)ccc3)cccc2n1-c1ccc(-c2ccccc2)cc1-c1ccccc1.[Pt]. The van der Waals surface area contributed by atoms with Crippen LogP contribution in [0, 0.1) is 6.07 Å². The molecule has 0 fully saturated rings. The first-order chi connectivity index (χ1) is 29.2. The molecule has 6 heteroatoms. The number of imidazole rings is 1. The summed E-state index contributed by atoms with van der Waals surface area (Å²) >= 11 is 0. The Hall–Kier alpha value is -7.33. The third-order valence-corrected chi connectivity index (χ3v) is 11.7. The van der Waals surface area contributed by atoms with Gasteiger partial charge < -0.3 is 9.51 Å². The number of hydrogen-bond acceptors (Lipinski definition) is 3. The van der Waals surface area contributed by atoms with Gasteiger partial charge in [0.2, 0.25) is 0 Å². The molecule has 4 heterocycles. The Morgan fingerprint density at radius 3 is 1.93 bits per heavy atom. The quantitative estimate of drug-likeness (QED) is 0.169. The standard InChI is InChI=1S/C54H33N4O.Pt/c59-49-27-10-8-21-44(49)54-56-51-39(22-13-26-48(51)57(54)47-29-28-36(34-14-3-1-4-15-34)33-45(47)35-16-5-2-6-17-35)37-18-11-19-38(32-37)50-53-43(30-31-55-50)42-24-12-23-41-40-20-7-9-25-46(40)58(53)52(41)42;/h1-31,33,59H;/q-1;. The van der Waals surface area contributed by atoms with Crippen LogP contribution in [-0.4, -0.2) is 24.0 Å². The van der Waals surface area contributed by atoms with E-state index in [0.29, 0.717) is 11.4 Å². The molecule has 0 saturated heterocycles. The molecule has 0 bridgehead atoms. The van der Waals surface area contributed by atoms with Crippen LogP contribution in [0.1, 0.15) is 0 Å². The second-order valence-electron chi connectivity index (χ2n) is 15.0. The molecule has 12 aromatic rings. The number of para-hydroxylation sites is 4. The Morgan fingerprint density at radius 2 is 1.10 bits per heavy atom. The van der Waals surface area contributed by atoms with E-state index < -0.39 is 0 Å². The number of nitrogens with zero attached hydrogens (tertiary/aromatic N) is 4. The van der Waals surface area contributed by atoms with Crippen molar-refractivity contribution in [3.63, 3.8) is 0 Å². The van der Waals surface area contributed by atoms with Crippen molar-refractivity contribution in [1.82, 2.24) is 18.9 Å². The maximum Gasteiger partial charge on any atom is 0.148 e. The van der Waals surface area contributed by atoms with Gasteiger partial charge in [-0.3, -0.25) is 9.55 Å². The number of benzene rings is 8. The van der Waals surface area contributed by atoms with E-state index in [-0.39, 0.29) is 26.8 Å². The zero-order chi connectivity index (χ0) is 39.0. The summed E-state index contributed by atoms with van der Waals surface area (Å²) in [4.78, 5) is 10.5. The molecule has 0 aliphatic carbocycles. The summed E-state index contributed by atoms with van der Waals surface area (Å²) in [5.41, 5.74) is 14.8. The van der Waals surface area contributed by atoms with Gasteiger partial charge in [0.25, 0.3) is 0 Å². The van der Waals surface area contributed by atoms with E-state index in [4.69, 9.17) is 9.97 Å². The summed E-state index contributed by atoms with van der Waals surface area (Å²) in [5, 5.41) is 16.2. The van der Waals surface area contributed by atoms with Gasteiger partial charge in [-0.05, 0) is 59.2 Å². The van der Waals surface area contributed by atoms with Gasteiger partial charge in [0.15, 0.2) is 0 Å². The molecule has 0 aliphatic rings. The minimum Gasteiger partial charge on any atom is -0.507 e. The molecule has 1 N–H and O–H groups in total. The van der Waals surface area contributed by atoms with Crippen LogP contribution >= 0.6 is 0 Å². The van der Waals surface area contributed by atoms with Crippen LogP contribution in [0.15, 0.2) is 194 Å². The number of pyridine rings is 1. The van der Waals surface area contributed by atoms with Crippen LogP contribution in [0.25, 0.3) is 111 Å². The Balaban J connectivity index is 0.00000408. The van der Waals surface area contributed by atoms with E-state index in [2.05, 4.69) is 167 Å². The van der Waals surface area contributed by atoms with Crippen molar-refractivity contribution in [2.45, 2.75) is 0 Å². The summed E-state index contributed by atoms with van der Waals surface area (Å²) in [6.07, 6.45) is 1.91. The number of rotatable bonds is 6. The maximum absolute atomic E-state index is 11.4. The molecule has 0 unspecified atom stereocenters. The molecule has 0 aliphatic heterocycles. The Kier molecular flexibility index (Phi) is 8.47. The predicted molar refractivity (Wildman–Crippen MR) is 241 cm³/mol. The number of phenolic OH excluding ortho intramolecular Hbond substituents is 1. The minimum absolute atomic E-state index is 0. The fourth-order valence-electron chi connectivity index (χ4n) is 9.12. The van der Waals surface area contributed by atoms with Gasteiger partial charge >= 0.3 is 0 Å². The second kappa shape index (κ2) is 14.2. The molecule has 0 amide bonds. The van der Waals surface area contributed by atoms with Crippen LogP contribution < -0.4 is 0 Å². The van der Waals surface area contributed by atoms with E-state index in [0.717, 1.165) is 72.4 Å². The fourth-order valence-corrected chi connectivity index (χ4v) is 9.12. The largest absolute Gasteiger partial charge is 0.507 e. The summed E-state index contributed by atoms with van der Waals surface area (Å²) in [5.74, 6) is 0.813. The Morgan fingerprint density at radius 1 is 0.467 bits per heavy atom. The number of aromatic nitrogens is 4. The van der Waals surface area contributed by atoms with Gasteiger partial charge in [0.05, 0.1) is 33.3 Å². The normalized spacial score (nSPS) is 11.6. The van der Waals surface area contributed by atoms with Crippen LogP contribution in [0.3, 0.4) is 0 Å². The average molecular weight is 949 g/mol. The molecule has 0 saturated carbocycles. The zero-order valence-electron chi connectivity index (χ0n) is 32.0. The average Bonchev–Trinajstić information content (AvgIpc) is 3.97. The van der Waals surface area contributed by atoms with Crippen LogP contribution in [-0.2, 0) is 21.1 Å². The molecule has 0 atom stereocenters. The first kappa shape index (κ1) is 35.8. The zero-order valence-corrected chi connectivity index (χ0v) is 34.3. The summed E-state index contributed by atoms with van der Waals surface area (Å²) < 4.78 is 4.58.